The van der Waals surface area contributed by atoms with Gasteiger partial charge in [0.25, 0.3) is 11.7 Å². The summed E-state index contributed by atoms with van der Waals surface area (Å²) in [5, 5.41) is 11.5. The highest BCUT2D eigenvalue weighted by atomic mass is 35.5. The first-order valence-corrected chi connectivity index (χ1v) is 9.43. The van der Waals surface area contributed by atoms with E-state index in [4.69, 9.17) is 11.6 Å². The molecular formula is C22H23ClN2O3. The SMILES string of the molecule is Cc1ccccc1C1/C(=C(/O)c2ccc(Cl)cc2)C(=O)C(=O)N1CCN(C)C. The van der Waals surface area contributed by atoms with Crippen LogP contribution in [0.3, 0.4) is 0 Å². The molecule has 5 nitrogen and oxygen atoms in total. The van der Waals surface area contributed by atoms with Crippen LogP contribution in [-0.4, -0.2) is 53.8 Å². The number of halogens is 1. The molecule has 3 rings (SSSR count). The molecule has 1 amide bonds. The molecule has 2 aromatic rings. The number of hydrogen-bond donors (Lipinski definition) is 1. The molecule has 1 unspecified atom stereocenters. The molecule has 28 heavy (non-hydrogen) atoms. The van der Waals surface area contributed by atoms with E-state index in [1.165, 1.54) is 0 Å². The fraction of sp³-hybridized carbons (Fsp3) is 0.273. The number of rotatable bonds is 5. The van der Waals surface area contributed by atoms with Crippen molar-refractivity contribution < 1.29 is 14.7 Å². The van der Waals surface area contributed by atoms with Crippen LogP contribution in [0.5, 0.6) is 0 Å². The van der Waals surface area contributed by atoms with E-state index in [1.54, 1.807) is 29.2 Å². The number of likely N-dealkylation sites (tertiary alicyclic amines) is 1. The Hall–Kier alpha value is -2.63. The molecule has 0 spiro atoms. The number of Topliss-reactive ketones (excluding diaryl/α,β-unsaturated/α-hetero) is 1. The van der Waals surface area contributed by atoms with Crippen LogP contribution in [0.25, 0.3) is 5.76 Å². The second-order valence-electron chi connectivity index (χ2n) is 7.16. The van der Waals surface area contributed by atoms with Crippen LogP contribution in [0, 0.1) is 6.92 Å². The Labute approximate surface area is 169 Å². The zero-order chi connectivity index (χ0) is 20.4. The predicted molar refractivity (Wildman–Crippen MR) is 110 cm³/mol. The number of hydrogen-bond acceptors (Lipinski definition) is 4. The summed E-state index contributed by atoms with van der Waals surface area (Å²) < 4.78 is 0. The number of carbonyl (C=O) groups is 2. The van der Waals surface area contributed by atoms with Crippen molar-refractivity contribution in [2.45, 2.75) is 13.0 Å². The summed E-state index contributed by atoms with van der Waals surface area (Å²) in [7, 11) is 3.82. The third-order valence-corrected chi connectivity index (χ3v) is 5.18. The standard InChI is InChI=1S/C22H23ClN2O3/c1-14-6-4-5-7-17(14)19-18(20(26)15-8-10-16(23)11-9-15)21(27)22(28)25(19)13-12-24(2)3/h4-11,19,26H,12-13H2,1-3H3/b20-18-. The number of carbonyl (C=O) groups excluding carboxylic acids is 2. The lowest BCUT2D eigenvalue weighted by atomic mass is 9.92. The number of aliphatic hydroxyl groups excluding tert-OH is 1. The minimum atomic E-state index is -0.667. The Morgan fingerprint density at radius 3 is 2.36 bits per heavy atom. The highest BCUT2D eigenvalue weighted by molar-refractivity contribution is 6.46. The van der Waals surface area contributed by atoms with Crippen molar-refractivity contribution in [3.05, 3.63) is 75.8 Å². The second-order valence-corrected chi connectivity index (χ2v) is 7.60. The van der Waals surface area contributed by atoms with Crippen LogP contribution in [0.15, 0.2) is 54.1 Å². The lowest BCUT2D eigenvalue weighted by molar-refractivity contribution is -0.140. The number of ketones is 1. The Bertz CT molecular complexity index is 935. The maximum atomic E-state index is 12.9. The zero-order valence-corrected chi connectivity index (χ0v) is 16.9. The first-order valence-electron chi connectivity index (χ1n) is 9.06. The average Bonchev–Trinajstić information content (AvgIpc) is 2.91. The fourth-order valence-corrected chi connectivity index (χ4v) is 3.52. The average molecular weight is 399 g/mol. The number of benzene rings is 2. The van der Waals surface area contributed by atoms with Gasteiger partial charge in [-0.3, -0.25) is 9.59 Å². The van der Waals surface area contributed by atoms with E-state index in [1.807, 2.05) is 50.2 Å². The molecule has 1 saturated heterocycles. The molecule has 2 aromatic carbocycles. The van der Waals surface area contributed by atoms with E-state index in [0.717, 1.165) is 11.1 Å². The molecule has 0 aliphatic carbocycles. The number of aryl methyl sites for hydroxylation is 1. The topological polar surface area (TPSA) is 60.9 Å². The summed E-state index contributed by atoms with van der Waals surface area (Å²) in [5.74, 6) is -1.44. The third-order valence-electron chi connectivity index (χ3n) is 4.93. The summed E-state index contributed by atoms with van der Waals surface area (Å²) in [6, 6.07) is 13.5. The van der Waals surface area contributed by atoms with Crippen LogP contribution in [-0.2, 0) is 9.59 Å². The summed E-state index contributed by atoms with van der Waals surface area (Å²) in [5.41, 5.74) is 2.34. The number of amides is 1. The monoisotopic (exact) mass is 398 g/mol. The van der Waals surface area contributed by atoms with Gasteiger partial charge in [-0.05, 0) is 56.4 Å². The van der Waals surface area contributed by atoms with E-state index in [-0.39, 0.29) is 11.3 Å². The molecule has 0 bridgehead atoms. The first kappa shape index (κ1) is 20.1. The van der Waals surface area contributed by atoms with Crippen molar-refractivity contribution in [2.24, 2.45) is 0 Å². The van der Waals surface area contributed by atoms with Gasteiger partial charge in [0.05, 0.1) is 11.6 Å². The van der Waals surface area contributed by atoms with Crippen LogP contribution in [0.4, 0.5) is 0 Å². The summed E-state index contributed by atoms with van der Waals surface area (Å²) in [4.78, 5) is 29.2. The molecule has 1 aliphatic rings. The molecule has 146 valence electrons. The molecule has 0 aromatic heterocycles. The maximum Gasteiger partial charge on any atom is 0.295 e. The van der Waals surface area contributed by atoms with Gasteiger partial charge in [0.2, 0.25) is 0 Å². The minimum absolute atomic E-state index is 0.111. The van der Waals surface area contributed by atoms with Gasteiger partial charge in [-0.1, -0.05) is 35.9 Å². The van der Waals surface area contributed by atoms with Crippen molar-refractivity contribution in [3.63, 3.8) is 0 Å². The van der Waals surface area contributed by atoms with Gasteiger partial charge < -0.3 is 14.9 Å². The molecule has 1 atom stereocenters. The van der Waals surface area contributed by atoms with Crippen molar-refractivity contribution in [1.82, 2.24) is 9.80 Å². The van der Waals surface area contributed by atoms with Crippen LogP contribution in [0.1, 0.15) is 22.7 Å². The highest BCUT2D eigenvalue weighted by Gasteiger charge is 2.46. The number of nitrogens with zero attached hydrogens (tertiary/aromatic N) is 2. The number of aliphatic hydroxyl groups is 1. The van der Waals surface area contributed by atoms with Gasteiger partial charge in [-0.25, -0.2) is 0 Å². The Balaban J connectivity index is 2.16. The van der Waals surface area contributed by atoms with E-state index >= 15 is 0 Å². The van der Waals surface area contributed by atoms with E-state index in [9.17, 15) is 14.7 Å². The lowest BCUT2D eigenvalue weighted by Crippen LogP contribution is -2.35. The number of likely N-dealkylation sites (N-methyl/N-ethyl adjacent to an activating group) is 1. The quantitative estimate of drug-likeness (QED) is 0.474. The van der Waals surface area contributed by atoms with Crippen LogP contribution in [0.2, 0.25) is 5.02 Å². The summed E-state index contributed by atoms with van der Waals surface area (Å²) in [6.45, 7) is 2.92. The van der Waals surface area contributed by atoms with E-state index in [2.05, 4.69) is 0 Å². The van der Waals surface area contributed by atoms with E-state index in [0.29, 0.717) is 23.7 Å². The maximum absolute atomic E-state index is 12.9. The van der Waals surface area contributed by atoms with Gasteiger partial charge in [0, 0.05) is 23.7 Å². The van der Waals surface area contributed by atoms with Crippen molar-refractivity contribution in [2.75, 3.05) is 27.2 Å². The van der Waals surface area contributed by atoms with Gasteiger partial charge in [-0.15, -0.1) is 0 Å². The Morgan fingerprint density at radius 2 is 1.75 bits per heavy atom. The highest BCUT2D eigenvalue weighted by Crippen LogP contribution is 2.40. The molecule has 1 aliphatic heterocycles. The zero-order valence-electron chi connectivity index (χ0n) is 16.1. The van der Waals surface area contributed by atoms with Crippen molar-refractivity contribution in [3.8, 4) is 0 Å². The first-order chi connectivity index (χ1) is 13.3. The van der Waals surface area contributed by atoms with Crippen molar-refractivity contribution in [1.29, 1.82) is 0 Å². The Morgan fingerprint density at radius 1 is 1.11 bits per heavy atom. The van der Waals surface area contributed by atoms with Crippen LogP contribution >= 0.6 is 11.6 Å². The molecule has 0 saturated carbocycles. The predicted octanol–water partition coefficient (Wildman–Crippen LogP) is 3.63. The summed E-state index contributed by atoms with van der Waals surface area (Å²) >= 11 is 5.94. The van der Waals surface area contributed by atoms with Crippen LogP contribution < -0.4 is 0 Å². The smallest absolute Gasteiger partial charge is 0.295 e. The molecule has 6 heteroatoms. The van der Waals surface area contributed by atoms with Gasteiger partial charge in [-0.2, -0.15) is 0 Å². The fourth-order valence-electron chi connectivity index (χ4n) is 3.40. The Kier molecular flexibility index (Phi) is 5.87. The molecule has 1 N–H and O–H groups in total. The second kappa shape index (κ2) is 8.17. The minimum Gasteiger partial charge on any atom is -0.507 e. The molecule has 1 heterocycles. The molecule has 1 fully saturated rings. The lowest BCUT2D eigenvalue weighted by Gasteiger charge is -2.27. The molecular weight excluding hydrogens is 376 g/mol. The summed E-state index contributed by atoms with van der Waals surface area (Å²) in [6.07, 6.45) is 0. The van der Waals surface area contributed by atoms with Gasteiger partial charge in [0.15, 0.2) is 0 Å². The van der Waals surface area contributed by atoms with E-state index < -0.39 is 17.7 Å². The van der Waals surface area contributed by atoms with Gasteiger partial charge in [0.1, 0.15) is 5.76 Å². The normalized spacial score (nSPS) is 18.9. The largest absolute Gasteiger partial charge is 0.507 e. The van der Waals surface area contributed by atoms with Crippen molar-refractivity contribution >= 4 is 29.1 Å². The molecule has 0 radical (unpaired) electrons. The third kappa shape index (κ3) is 3.81. The van der Waals surface area contributed by atoms with Gasteiger partial charge >= 0.3 is 0 Å².